The van der Waals surface area contributed by atoms with Crippen molar-refractivity contribution < 1.29 is 29.6 Å². The van der Waals surface area contributed by atoms with Crippen LogP contribution in [0, 0.1) is 85.3 Å². The van der Waals surface area contributed by atoms with Gasteiger partial charge in [0.2, 0.25) is 0 Å². The van der Waals surface area contributed by atoms with Gasteiger partial charge >= 0.3 is 5.97 Å². The van der Waals surface area contributed by atoms with Crippen molar-refractivity contribution in [3.8, 4) is 11.8 Å². The maximum absolute atomic E-state index is 14.4. The van der Waals surface area contributed by atoms with E-state index in [1.807, 2.05) is 0 Å². The van der Waals surface area contributed by atoms with Gasteiger partial charge in [0.1, 0.15) is 0 Å². The molecular formula is C66H84O6. The van der Waals surface area contributed by atoms with E-state index in [4.69, 9.17) is 9.47 Å². The molecule has 0 amide bonds. The van der Waals surface area contributed by atoms with E-state index in [2.05, 4.69) is 94.1 Å². The number of rotatable bonds is 11. The summed E-state index contributed by atoms with van der Waals surface area (Å²) in [7, 11) is 1.77. The minimum absolute atomic E-state index is 0.0110. The summed E-state index contributed by atoms with van der Waals surface area (Å²) in [6.45, 7) is 10.6. The fourth-order valence-corrected chi connectivity index (χ4v) is 23.6. The van der Waals surface area contributed by atoms with Gasteiger partial charge in [0.25, 0.3) is 0 Å². The highest BCUT2D eigenvalue weighted by atomic mass is 16.6. The lowest BCUT2D eigenvalue weighted by molar-refractivity contribution is -0.367. The number of aliphatic hydroxyl groups is 2. The van der Waals surface area contributed by atoms with Gasteiger partial charge in [0, 0.05) is 48.0 Å². The lowest BCUT2D eigenvalue weighted by atomic mass is 9.15. The summed E-state index contributed by atoms with van der Waals surface area (Å²) in [5.74, 6) is 8.37. The summed E-state index contributed by atoms with van der Waals surface area (Å²) in [6.07, 6.45) is 22.6. The van der Waals surface area contributed by atoms with E-state index in [0.717, 1.165) is 95.8 Å². The average molecular weight is 973 g/mol. The molecule has 1 saturated heterocycles. The van der Waals surface area contributed by atoms with Crippen molar-refractivity contribution in [3.63, 3.8) is 0 Å². The number of ether oxygens (including phenoxy) is 2. The van der Waals surface area contributed by atoms with Crippen LogP contribution in [0.2, 0.25) is 0 Å². The monoisotopic (exact) mass is 973 g/mol. The Labute approximate surface area is 430 Å². The molecule has 72 heavy (non-hydrogen) atoms. The van der Waals surface area contributed by atoms with Crippen molar-refractivity contribution in [2.45, 2.75) is 205 Å². The maximum Gasteiger partial charge on any atom is 0.309 e. The molecule has 7 bridgehead atoms. The van der Waals surface area contributed by atoms with Gasteiger partial charge in [0.15, 0.2) is 5.79 Å². The Balaban J connectivity index is 1.05. The Morgan fingerprint density at radius 2 is 1.62 bits per heavy atom. The second kappa shape index (κ2) is 15.7. The number of hydrogen-bond donors (Lipinski definition) is 3. The van der Waals surface area contributed by atoms with E-state index in [1.165, 1.54) is 78.0 Å². The molecule has 1 heterocycles. The topological polar surface area (TPSA) is 96.2 Å². The lowest BCUT2D eigenvalue weighted by Crippen LogP contribution is -2.85. The molecule has 11 aliphatic rings. The van der Waals surface area contributed by atoms with E-state index < -0.39 is 39.5 Å². The zero-order valence-electron chi connectivity index (χ0n) is 44.4. The molecule has 3 N–H and O–H groups in total. The molecule has 17 atom stereocenters. The standard InChI is InChI=1S/C66H84O6/c1-6-11-50-64-34-33-63-27-10-14-42(18-17-41-12-7-8-13-41)25-28-65-56-54(59(3,57(68)69)31-29-58(56,2)30-32-60(63,65)4)48-38-61(65)40-62(63,37-46-24-23-45-15-9-16-47(48)52(45)53(46)61)55(64)49(67)39-66(50,70)72-51(64)36-44-21-19-43(20-22-44)26-35-71-5/h9,15-16,19-24,41-42,48-51,54-56,67,70H,6-8,11-14,17-18,25-26,28-40H2,1-5H3,(H,68,69)/t42-,48+,49+,50-,51-,54+,55+,56-,58-,59-,60-,61+,62+,63-,64-,65+,66+/m1/s1. The number of aliphatic hydroxyl groups excluding tert-OH is 1. The van der Waals surface area contributed by atoms with Crippen molar-refractivity contribution in [1.29, 1.82) is 0 Å². The van der Waals surface area contributed by atoms with Crippen LogP contribution in [-0.2, 0) is 38.9 Å². The van der Waals surface area contributed by atoms with Crippen molar-refractivity contribution >= 4 is 16.7 Å². The minimum Gasteiger partial charge on any atom is -0.481 e. The van der Waals surface area contributed by atoms with Crippen molar-refractivity contribution in [2.75, 3.05) is 13.7 Å². The zero-order valence-corrected chi connectivity index (χ0v) is 44.4. The maximum atomic E-state index is 14.4. The third-order valence-corrected chi connectivity index (χ3v) is 25.9. The summed E-state index contributed by atoms with van der Waals surface area (Å²) < 4.78 is 12.8. The van der Waals surface area contributed by atoms with Crippen molar-refractivity contribution in [1.82, 2.24) is 0 Å². The van der Waals surface area contributed by atoms with Crippen LogP contribution in [0.15, 0.2) is 54.6 Å². The molecule has 14 rings (SSSR count). The summed E-state index contributed by atoms with van der Waals surface area (Å²) >= 11 is 0. The van der Waals surface area contributed by atoms with Crippen LogP contribution >= 0.6 is 0 Å². The van der Waals surface area contributed by atoms with Crippen LogP contribution < -0.4 is 0 Å². The fourth-order valence-electron chi connectivity index (χ4n) is 23.6. The van der Waals surface area contributed by atoms with Gasteiger partial charge in [-0.1, -0.05) is 120 Å². The first-order valence-electron chi connectivity index (χ1n) is 29.6. The van der Waals surface area contributed by atoms with Gasteiger partial charge in [-0.2, -0.15) is 0 Å². The lowest BCUT2D eigenvalue weighted by Gasteiger charge is -2.88. The molecule has 8 fully saturated rings. The van der Waals surface area contributed by atoms with Crippen molar-refractivity contribution in [2.24, 2.45) is 73.4 Å². The number of carboxylic acid groups (broad SMARTS) is 1. The van der Waals surface area contributed by atoms with E-state index in [1.54, 1.807) is 12.7 Å². The molecule has 10 aliphatic carbocycles. The Morgan fingerprint density at radius 1 is 0.847 bits per heavy atom. The third-order valence-electron chi connectivity index (χ3n) is 25.9. The predicted octanol–water partition coefficient (Wildman–Crippen LogP) is 13.3. The summed E-state index contributed by atoms with van der Waals surface area (Å²) in [5.41, 5.74) is 4.27. The number of carboxylic acids is 1. The first-order chi connectivity index (χ1) is 34.6. The van der Waals surface area contributed by atoms with Crippen LogP contribution in [0.3, 0.4) is 0 Å². The van der Waals surface area contributed by atoms with E-state index >= 15 is 0 Å². The molecule has 384 valence electrons. The third kappa shape index (κ3) is 5.52. The molecule has 7 saturated carbocycles. The largest absolute Gasteiger partial charge is 0.481 e. The average Bonchev–Trinajstić information content (AvgIpc) is 3.94. The van der Waals surface area contributed by atoms with Crippen LogP contribution in [0.1, 0.15) is 190 Å². The molecule has 3 aromatic carbocycles. The second-order valence-corrected chi connectivity index (χ2v) is 28.1. The Morgan fingerprint density at radius 3 is 2.40 bits per heavy atom. The van der Waals surface area contributed by atoms with Gasteiger partial charge in [-0.15, -0.1) is 5.92 Å². The highest BCUT2D eigenvalue weighted by Gasteiger charge is 2.90. The van der Waals surface area contributed by atoms with E-state index in [-0.39, 0.29) is 63.8 Å². The van der Waals surface area contributed by atoms with Gasteiger partial charge in [-0.05, 0) is 193 Å². The number of aliphatic carboxylic acids is 1. The summed E-state index contributed by atoms with van der Waals surface area (Å²) in [4.78, 5) is 14.4. The van der Waals surface area contributed by atoms with Gasteiger partial charge in [-0.25, -0.2) is 0 Å². The van der Waals surface area contributed by atoms with Crippen LogP contribution in [0.4, 0.5) is 0 Å². The Hall–Kier alpha value is -3.21. The Kier molecular flexibility index (Phi) is 10.3. The number of fused-ring (bicyclic) bond motifs is 4. The molecule has 6 nitrogen and oxygen atoms in total. The number of methoxy groups -OCH3 is 1. The molecule has 1 aliphatic heterocycles. The normalized spacial score (nSPS) is 47.7. The van der Waals surface area contributed by atoms with Gasteiger partial charge < -0.3 is 24.8 Å². The van der Waals surface area contributed by atoms with E-state index in [0.29, 0.717) is 18.9 Å². The number of benzene rings is 3. The predicted molar refractivity (Wildman–Crippen MR) is 282 cm³/mol. The quantitative estimate of drug-likeness (QED) is 0.166. The highest BCUT2D eigenvalue weighted by Crippen LogP contribution is 2.93. The molecule has 6 heteroatoms. The first-order valence-corrected chi connectivity index (χ1v) is 29.6. The molecule has 0 radical (unpaired) electrons. The van der Waals surface area contributed by atoms with Crippen LogP contribution in [0.5, 0.6) is 0 Å². The number of carbonyl (C=O) groups is 1. The van der Waals surface area contributed by atoms with Gasteiger partial charge in [-0.3, -0.25) is 4.79 Å². The fraction of sp³-hybridized carbons (Fsp3) is 0.712. The zero-order chi connectivity index (χ0) is 49.5. The first kappa shape index (κ1) is 47.3. The smallest absolute Gasteiger partial charge is 0.309 e. The molecular weight excluding hydrogens is 889 g/mol. The van der Waals surface area contributed by atoms with Crippen LogP contribution in [0.25, 0.3) is 10.8 Å². The molecule has 5 spiro atoms. The second-order valence-electron chi connectivity index (χ2n) is 28.1. The molecule has 3 aromatic rings. The molecule has 0 unspecified atom stereocenters. The summed E-state index contributed by atoms with van der Waals surface area (Å²) in [6, 6.07) is 21.1. The van der Waals surface area contributed by atoms with Crippen LogP contribution in [-0.4, -0.2) is 53.0 Å². The SMILES string of the molecule is CCC[C@@H]1[C@@]23CC[C@@]45C#CC[C@H](CCC6CCCC6)CC[C@@]67[C@@H]8[C@H]([C@H]9C[C@@]6%10C[C@@]4(Cc4ccc6cccc9c6c4%10)[C@@H]2[C@@H](O)C[C@]1(O)O[C@@H]3Cc1ccc(CCOC)cc1)[C@](C)(C(=O)O)CC[C@]8(C)CC[C@]57C. The molecule has 0 aromatic heterocycles. The van der Waals surface area contributed by atoms with Crippen molar-refractivity contribution in [3.05, 3.63) is 82.4 Å². The minimum atomic E-state index is -1.39. The summed E-state index contributed by atoms with van der Waals surface area (Å²) in [5, 5.41) is 41.6. The highest BCUT2D eigenvalue weighted by molar-refractivity contribution is 5.94. The Bertz CT molecular complexity index is 2780. The van der Waals surface area contributed by atoms with Gasteiger partial charge in [0.05, 0.1) is 24.2 Å². The number of hydrogen-bond acceptors (Lipinski definition) is 5. The van der Waals surface area contributed by atoms with E-state index in [9.17, 15) is 20.1 Å².